The number of aliphatic hydroxyl groups is 1. The van der Waals surface area contributed by atoms with E-state index in [-0.39, 0.29) is 12.3 Å². The lowest BCUT2D eigenvalue weighted by atomic mass is 9.82. The van der Waals surface area contributed by atoms with Crippen molar-refractivity contribution in [1.82, 2.24) is 5.32 Å². The molecule has 0 aromatic heterocycles. The maximum Gasteiger partial charge on any atom is 0.222 e. The Kier molecular flexibility index (Phi) is 5.62. The molecule has 0 spiro atoms. The van der Waals surface area contributed by atoms with Crippen LogP contribution in [0.5, 0.6) is 5.75 Å². The van der Waals surface area contributed by atoms with Gasteiger partial charge in [-0.2, -0.15) is 0 Å². The van der Waals surface area contributed by atoms with Gasteiger partial charge in [-0.25, -0.2) is 0 Å². The predicted molar refractivity (Wildman–Crippen MR) is 82.4 cm³/mol. The molecule has 1 aromatic carbocycles. The molecule has 0 saturated heterocycles. The topological polar surface area (TPSA) is 58.6 Å². The fourth-order valence-electron chi connectivity index (χ4n) is 2.89. The summed E-state index contributed by atoms with van der Waals surface area (Å²) in [6.45, 7) is 0.598. The zero-order chi connectivity index (χ0) is 15.1. The molecule has 1 aliphatic carbocycles. The SMILES string of the molecule is COc1ccc(CCNC(=O)CC2(O)CCCCC2)cc1. The fraction of sp³-hybridized carbons (Fsp3) is 0.588. The molecule has 1 fully saturated rings. The van der Waals surface area contributed by atoms with Crippen LogP contribution in [0.25, 0.3) is 0 Å². The highest BCUT2D eigenvalue weighted by atomic mass is 16.5. The first-order chi connectivity index (χ1) is 10.1. The second kappa shape index (κ2) is 7.46. The van der Waals surface area contributed by atoms with E-state index in [2.05, 4.69) is 5.32 Å². The van der Waals surface area contributed by atoms with Gasteiger partial charge < -0.3 is 15.2 Å². The first-order valence-electron chi connectivity index (χ1n) is 7.73. The number of methoxy groups -OCH3 is 1. The van der Waals surface area contributed by atoms with Crippen LogP contribution in [0, 0.1) is 0 Å². The molecule has 0 atom stereocenters. The van der Waals surface area contributed by atoms with Gasteiger partial charge in [0, 0.05) is 6.54 Å². The zero-order valence-electron chi connectivity index (χ0n) is 12.7. The minimum atomic E-state index is -0.775. The van der Waals surface area contributed by atoms with Crippen molar-refractivity contribution in [2.45, 2.75) is 50.5 Å². The van der Waals surface area contributed by atoms with Gasteiger partial charge in [-0.1, -0.05) is 31.4 Å². The van der Waals surface area contributed by atoms with Gasteiger partial charge in [-0.05, 0) is 37.0 Å². The van der Waals surface area contributed by atoms with Crippen molar-refractivity contribution in [1.29, 1.82) is 0 Å². The number of amides is 1. The van der Waals surface area contributed by atoms with E-state index in [1.807, 2.05) is 24.3 Å². The van der Waals surface area contributed by atoms with E-state index >= 15 is 0 Å². The normalized spacial score (nSPS) is 17.2. The molecule has 1 aliphatic rings. The van der Waals surface area contributed by atoms with Crippen LogP contribution in [0.2, 0.25) is 0 Å². The Bertz CT molecular complexity index is 450. The first-order valence-corrected chi connectivity index (χ1v) is 7.73. The highest BCUT2D eigenvalue weighted by molar-refractivity contribution is 5.77. The number of ether oxygens (including phenoxy) is 1. The third-order valence-corrected chi connectivity index (χ3v) is 4.17. The Hall–Kier alpha value is -1.55. The number of benzene rings is 1. The van der Waals surface area contributed by atoms with E-state index in [9.17, 15) is 9.90 Å². The molecule has 0 heterocycles. The Balaban J connectivity index is 1.71. The molecule has 2 rings (SSSR count). The third-order valence-electron chi connectivity index (χ3n) is 4.17. The van der Waals surface area contributed by atoms with Crippen LogP contribution in [0.1, 0.15) is 44.1 Å². The molecule has 0 aliphatic heterocycles. The van der Waals surface area contributed by atoms with Crippen LogP contribution in [0.15, 0.2) is 24.3 Å². The standard InChI is InChI=1S/C17H25NO3/c1-21-15-7-5-14(6-8-15)9-12-18-16(19)13-17(20)10-3-2-4-11-17/h5-8,20H,2-4,9-13H2,1H3,(H,18,19). The van der Waals surface area contributed by atoms with Crippen molar-refractivity contribution in [3.63, 3.8) is 0 Å². The molecule has 1 amide bonds. The lowest BCUT2D eigenvalue weighted by Gasteiger charge is -2.31. The molecule has 2 N–H and O–H groups in total. The number of hydrogen-bond donors (Lipinski definition) is 2. The monoisotopic (exact) mass is 291 g/mol. The summed E-state index contributed by atoms with van der Waals surface area (Å²) in [5.74, 6) is 0.787. The van der Waals surface area contributed by atoms with E-state index in [1.165, 1.54) is 6.42 Å². The fourth-order valence-corrected chi connectivity index (χ4v) is 2.89. The van der Waals surface area contributed by atoms with E-state index in [4.69, 9.17) is 4.74 Å². The zero-order valence-corrected chi connectivity index (χ0v) is 12.7. The minimum absolute atomic E-state index is 0.0482. The summed E-state index contributed by atoms with van der Waals surface area (Å²) in [4.78, 5) is 11.9. The highest BCUT2D eigenvalue weighted by Gasteiger charge is 2.31. The van der Waals surface area contributed by atoms with Gasteiger partial charge in [0.25, 0.3) is 0 Å². The van der Waals surface area contributed by atoms with E-state index in [1.54, 1.807) is 7.11 Å². The van der Waals surface area contributed by atoms with Crippen LogP contribution in [-0.2, 0) is 11.2 Å². The Morgan fingerprint density at radius 2 is 1.90 bits per heavy atom. The smallest absolute Gasteiger partial charge is 0.222 e. The maximum absolute atomic E-state index is 11.9. The number of nitrogens with one attached hydrogen (secondary N) is 1. The van der Waals surface area contributed by atoms with Crippen molar-refractivity contribution >= 4 is 5.91 Å². The quantitative estimate of drug-likeness (QED) is 0.846. The summed E-state index contributed by atoms with van der Waals surface area (Å²) >= 11 is 0. The van der Waals surface area contributed by atoms with Crippen LogP contribution >= 0.6 is 0 Å². The van der Waals surface area contributed by atoms with Crippen molar-refractivity contribution in [3.8, 4) is 5.75 Å². The van der Waals surface area contributed by atoms with Crippen molar-refractivity contribution in [2.75, 3.05) is 13.7 Å². The van der Waals surface area contributed by atoms with E-state index < -0.39 is 5.60 Å². The molecule has 0 bridgehead atoms. The molecule has 4 nitrogen and oxygen atoms in total. The molecule has 0 radical (unpaired) electrons. The van der Waals surface area contributed by atoms with Gasteiger partial charge in [-0.3, -0.25) is 4.79 Å². The molecule has 21 heavy (non-hydrogen) atoms. The Morgan fingerprint density at radius 3 is 2.52 bits per heavy atom. The minimum Gasteiger partial charge on any atom is -0.497 e. The highest BCUT2D eigenvalue weighted by Crippen LogP contribution is 2.30. The van der Waals surface area contributed by atoms with Gasteiger partial charge in [0.1, 0.15) is 5.75 Å². The van der Waals surface area contributed by atoms with Gasteiger partial charge in [0.05, 0.1) is 19.1 Å². The van der Waals surface area contributed by atoms with Crippen LogP contribution in [-0.4, -0.2) is 30.3 Å². The van der Waals surface area contributed by atoms with Crippen LogP contribution in [0.3, 0.4) is 0 Å². The summed E-state index contributed by atoms with van der Waals surface area (Å²) in [5, 5.41) is 13.2. The number of carbonyl (C=O) groups excluding carboxylic acids is 1. The summed E-state index contributed by atoms with van der Waals surface area (Å²) < 4.78 is 5.11. The number of rotatable bonds is 6. The van der Waals surface area contributed by atoms with E-state index in [0.29, 0.717) is 6.54 Å². The molecule has 116 valence electrons. The first kappa shape index (κ1) is 15.8. The lowest BCUT2D eigenvalue weighted by molar-refractivity contribution is -0.127. The molecule has 1 aromatic rings. The largest absolute Gasteiger partial charge is 0.497 e. The Morgan fingerprint density at radius 1 is 1.24 bits per heavy atom. The number of carbonyl (C=O) groups is 1. The summed E-state index contributed by atoms with van der Waals surface area (Å²) in [5.41, 5.74) is 0.384. The van der Waals surface area contributed by atoms with Crippen molar-refractivity contribution < 1.29 is 14.6 Å². The third kappa shape index (κ3) is 5.05. The number of hydrogen-bond acceptors (Lipinski definition) is 3. The van der Waals surface area contributed by atoms with Gasteiger partial charge >= 0.3 is 0 Å². The molecule has 0 unspecified atom stereocenters. The van der Waals surface area contributed by atoms with Gasteiger partial charge in [-0.15, -0.1) is 0 Å². The summed E-state index contributed by atoms with van der Waals surface area (Å²) in [6, 6.07) is 7.84. The van der Waals surface area contributed by atoms with Crippen LogP contribution in [0.4, 0.5) is 0 Å². The molecule has 4 heteroatoms. The van der Waals surface area contributed by atoms with Crippen molar-refractivity contribution in [3.05, 3.63) is 29.8 Å². The second-order valence-electron chi connectivity index (χ2n) is 5.91. The molecular formula is C17H25NO3. The molecule has 1 saturated carbocycles. The van der Waals surface area contributed by atoms with Crippen LogP contribution < -0.4 is 10.1 Å². The average molecular weight is 291 g/mol. The Labute approximate surface area is 126 Å². The lowest BCUT2D eigenvalue weighted by Crippen LogP contribution is -2.38. The second-order valence-corrected chi connectivity index (χ2v) is 5.91. The van der Waals surface area contributed by atoms with Gasteiger partial charge in [0.15, 0.2) is 0 Å². The van der Waals surface area contributed by atoms with Crippen molar-refractivity contribution in [2.24, 2.45) is 0 Å². The predicted octanol–water partition coefficient (Wildman–Crippen LogP) is 2.44. The average Bonchev–Trinajstić information content (AvgIpc) is 2.48. The van der Waals surface area contributed by atoms with E-state index in [0.717, 1.165) is 43.4 Å². The molecular weight excluding hydrogens is 266 g/mol. The maximum atomic E-state index is 11.9. The van der Waals surface area contributed by atoms with Gasteiger partial charge in [0.2, 0.25) is 5.91 Å². The summed E-state index contributed by atoms with van der Waals surface area (Å²) in [7, 11) is 1.64. The summed E-state index contributed by atoms with van der Waals surface area (Å²) in [6.07, 6.45) is 5.73.